The molecule has 1 fully saturated rings. The van der Waals surface area contributed by atoms with Crippen molar-refractivity contribution >= 4 is 5.82 Å². The first-order chi connectivity index (χ1) is 8.99. The lowest BCUT2D eigenvalue weighted by Crippen LogP contribution is -2.34. The van der Waals surface area contributed by atoms with Gasteiger partial charge in [0, 0.05) is 11.8 Å². The van der Waals surface area contributed by atoms with E-state index in [1.165, 1.54) is 0 Å². The minimum Gasteiger partial charge on any atom is -0.394 e. The molecule has 8 nitrogen and oxygen atoms in total. The molecule has 19 heavy (non-hydrogen) atoms. The Hall–Kier alpha value is -1.55. The van der Waals surface area contributed by atoms with Gasteiger partial charge >= 0.3 is 5.69 Å². The highest BCUT2D eigenvalue weighted by Crippen LogP contribution is 2.30. The molecule has 0 bridgehead atoms. The number of alkyl halides is 1. The number of nitrogens with zero attached hydrogens (tertiary/aromatic N) is 2. The van der Waals surface area contributed by atoms with E-state index >= 15 is 0 Å². The van der Waals surface area contributed by atoms with Gasteiger partial charge in [0.25, 0.3) is 0 Å². The molecular weight excluding hydrogens is 261 g/mol. The van der Waals surface area contributed by atoms with Crippen molar-refractivity contribution in [3.8, 4) is 0 Å². The molecule has 0 aromatic carbocycles. The molecule has 2 heterocycles. The third kappa shape index (κ3) is 2.32. The van der Waals surface area contributed by atoms with E-state index < -0.39 is 43.5 Å². The van der Waals surface area contributed by atoms with E-state index in [9.17, 15) is 14.3 Å². The topological polar surface area (TPSA) is 131 Å². The fraction of sp³-hybridized carbons (Fsp3) is 0.600. The maximum Gasteiger partial charge on any atom is 0.351 e. The Morgan fingerprint density at radius 3 is 2.74 bits per heavy atom. The highest BCUT2D eigenvalue weighted by molar-refractivity contribution is 5.36. The second-order valence-corrected chi connectivity index (χ2v) is 4.18. The fourth-order valence-corrected chi connectivity index (χ4v) is 1.90. The van der Waals surface area contributed by atoms with Gasteiger partial charge in [0.15, 0.2) is 12.4 Å². The van der Waals surface area contributed by atoms with Crippen molar-refractivity contribution in [2.24, 2.45) is 0 Å². The zero-order chi connectivity index (χ0) is 14.2. The second kappa shape index (κ2) is 5.21. The van der Waals surface area contributed by atoms with Crippen molar-refractivity contribution in [1.29, 1.82) is 0 Å². The lowest BCUT2D eigenvalue weighted by Gasteiger charge is -2.17. The predicted octanol–water partition coefficient (Wildman–Crippen LogP) is -2.09. The maximum atomic E-state index is 13.9. The minimum atomic E-state index is -1.90. The summed E-state index contributed by atoms with van der Waals surface area (Å²) in [6, 6.07) is 0. The molecule has 1 aliphatic heterocycles. The molecule has 5 N–H and O–H groups in total. The fourth-order valence-electron chi connectivity index (χ4n) is 1.90. The van der Waals surface area contributed by atoms with E-state index in [2.05, 4.69) is 4.98 Å². The van der Waals surface area contributed by atoms with Crippen LogP contribution in [0.15, 0.2) is 11.0 Å². The van der Waals surface area contributed by atoms with E-state index in [0.717, 1.165) is 10.8 Å². The Kier molecular flexibility index (Phi) is 3.80. The van der Waals surface area contributed by atoms with Crippen LogP contribution >= 0.6 is 0 Å². The third-order valence-electron chi connectivity index (χ3n) is 2.98. The number of rotatable bonds is 3. The lowest BCUT2D eigenvalue weighted by atomic mass is 10.1. The molecule has 0 amide bonds. The molecule has 1 aromatic rings. The van der Waals surface area contributed by atoms with Gasteiger partial charge in [0.1, 0.15) is 18.0 Å². The van der Waals surface area contributed by atoms with Crippen LogP contribution in [0.25, 0.3) is 0 Å². The van der Waals surface area contributed by atoms with Gasteiger partial charge in [0.05, 0.1) is 13.2 Å². The molecule has 0 aliphatic carbocycles. The molecule has 106 valence electrons. The zero-order valence-electron chi connectivity index (χ0n) is 9.81. The van der Waals surface area contributed by atoms with Gasteiger partial charge in [-0.1, -0.05) is 0 Å². The minimum absolute atomic E-state index is 0.136. The van der Waals surface area contributed by atoms with Crippen molar-refractivity contribution in [1.82, 2.24) is 9.55 Å². The predicted molar refractivity (Wildman–Crippen MR) is 60.7 cm³/mol. The molecule has 0 radical (unpaired) electrons. The monoisotopic (exact) mass is 275 g/mol. The summed E-state index contributed by atoms with van der Waals surface area (Å²) in [6.07, 6.45) is -4.86. The first-order valence-electron chi connectivity index (χ1n) is 5.56. The summed E-state index contributed by atoms with van der Waals surface area (Å²) in [5.74, 6) is -0.156. The molecule has 1 aromatic heterocycles. The SMILES string of the molecule is Nc1nc(=O)n(C2O[C@H](CO)[C@@H](O)[C@@H]2F)cc1CO. The van der Waals surface area contributed by atoms with E-state index in [0.29, 0.717) is 0 Å². The van der Waals surface area contributed by atoms with E-state index in [4.69, 9.17) is 20.7 Å². The summed E-state index contributed by atoms with van der Waals surface area (Å²) in [7, 11) is 0. The summed E-state index contributed by atoms with van der Waals surface area (Å²) >= 11 is 0. The zero-order valence-corrected chi connectivity index (χ0v) is 9.81. The van der Waals surface area contributed by atoms with Crippen molar-refractivity contribution in [3.63, 3.8) is 0 Å². The first-order valence-corrected chi connectivity index (χ1v) is 5.56. The maximum absolute atomic E-state index is 13.9. The van der Waals surface area contributed by atoms with Crippen LogP contribution in [0.4, 0.5) is 10.2 Å². The summed E-state index contributed by atoms with van der Waals surface area (Å²) in [6.45, 7) is -1.06. The van der Waals surface area contributed by atoms with Crippen LogP contribution in [-0.2, 0) is 11.3 Å². The van der Waals surface area contributed by atoms with E-state index in [1.54, 1.807) is 0 Å². The summed E-state index contributed by atoms with van der Waals surface area (Å²) in [4.78, 5) is 15.1. The molecule has 0 saturated carbocycles. The van der Waals surface area contributed by atoms with Gasteiger partial charge in [-0.15, -0.1) is 0 Å². The normalized spacial score (nSPS) is 30.7. The molecule has 0 spiro atoms. The number of nitrogen functional groups attached to an aromatic ring is 1. The summed E-state index contributed by atoms with van der Waals surface area (Å²) < 4.78 is 19.7. The first kappa shape index (κ1) is 13.9. The highest BCUT2D eigenvalue weighted by Gasteiger charge is 2.45. The van der Waals surface area contributed by atoms with Crippen LogP contribution in [-0.4, -0.2) is 49.9 Å². The number of aromatic nitrogens is 2. The van der Waals surface area contributed by atoms with Crippen molar-refractivity contribution in [2.75, 3.05) is 12.3 Å². The van der Waals surface area contributed by atoms with Gasteiger partial charge in [0.2, 0.25) is 0 Å². The van der Waals surface area contributed by atoms with Crippen LogP contribution in [0.3, 0.4) is 0 Å². The second-order valence-electron chi connectivity index (χ2n) is 4.18. The largest absolute Gasteiger partial charge is 0.394 e. The van der Waals surface area contributed by atoms with Gasteiger partial charge in [-0.2, -0.15) is 4.98 Å². The smallest absolute Gasteiger partial charge is 0.351 e. The molecule has 4 atom stereocenters. The Labute approximate surface area is 106 Å². The van der Waals surface area contributed by atoms with Crippen LogP contribution < -0.4 is 11.4 Å². The number of ether oxygens (including phenoxy) is 1. The summed E-state index contributed by atoms with van der Waals surface area (Å²) in [5, 5.41) is 27.4. The Bertz CT molecular complexity index is 522. The standard InChI is InChI=1S/C10H14FN3O5/c11-6-7(17)5(3-16)19-9(6)14-1-4(2-15)8(12)13-10(14)18/h1,5-7,9,15-17H,2-3H2,(H2,12,13,18)/t5-,6+,7-,9?/m1/s1. The number of aliphatic hydroxyl groups is 3. The number of anilines is 1. The Morgan fingerprint density at radius 2 is 2.21 bits per heavy atom. The number of hydrogen-bond donors (Lipinski definition) is 4. The molecule has 2 rings (SSSR count). The van der Waals surface area contributed by atoms with Gasteiger partial charge in [-0.25, -0.2) is 9.18 Å². The summed E-state index contributed by atoms with van der Waals surface area (Å²) in [5.41, 5.74) is 4.68. The average molecular weight is 275 g/mol. The van der Waals surface area contributed by atoms with E-state index in [-0.39, 0.29) is 11.4 Å². The van der Waals surface area contributed by atoms with Crippen LogP contribution in [0.1, 0.15) is 11.8 Å². The lowest BCUT2D eigenvalue weighted by molar-refractivity contribution is -0.0492. The van der Waals surface area contributed by atoms with Crippen LogP contribution in [0, 0.1) is 0 Å². The Morgan fingerprint density at radius 1 is 1.53 bits per heavy atom. The van der Waals surface area contributed by atoms with Gasteiger partial charge in [-0.05, 0) is 0 Å². The molecule has 1 unspecified atom stereocenters. The van der Waals surface area contributed by atoms with Crippen LogP contribution in [0.2, 0.25) is 0 Å². The number of nitrogens with two attached hydrogens (primary N) is 1. The third-order valence-corrected chi connectivity index (χ3v) is 2.98. The van der Waals surface area contributed by atoms with Crippen molar-refractivity contribution in [2.45, 2.75) is 31.2 Å². The molecule has 9 heteroatoms. The Balaban J connectivity index is 2.40. The number of aliphatic hydroxyl groups excluding tert-OH is 3. The van der Waals surface area contributed by atoms with E-state index in [1.807, 2.05) is 0 Å². The molecule has 1 saturated heterocycles. The average Bonchev–Trinajstić information content (AvgIpc) is 2.67. The molecular formula is C10H14FN3O5. The highest BCUT2D eigenvalue weighted by atomic mass is 19.1. The van der Waals surface area contributed by atoms with Gasteiger partial charge < -0.3 is 25.8 Å². The molecule has 1 aliphatic rings. The number of hydrogen-bond acceptors (Lipinski definition) is 7. The van der Waals surface area contributed by atoms with Crippen molar-refractivity contribution < 1.29 is 24.4 Å². The van der Waals surface area contributed by atoms with Gasteiger partial charge in [-0.3, -0.25) is 4.57 Å². The quantitative estimate of drug-likeness (QED) is 0.497. The van der Waals surface area contributed by atoms with Crippen molar-refractivity contribution in [3.05, 3.63) is 22.2 Å². The number of halogens is 1. The van der Waals surface area contributed by atoms with Crippen LogP contribution in [0.5, 0.6) is 0 Å².